The maximum Gasteiger partial charge on any atom is 0.217 e. The van der Waals surface area contributed by atoms with Gasteiger partial charge in [0.15, 0.2) is 0 Å². The molecule has 0 radical (unpaired) electrons. The van der Waals surface area contributed by atoms with Crippen molar-refractivity contribution in [1.82, 2.24) is 14.9 Å². The first kappa shape index (κ1) is 11.2. The molecule has 4 nitrogen and oxygen atoms in total. The van der Waals surface area contributed by atoms with Crippen molar-refractivity contribution in [2.45, 2.75) is 51.1 Å². The molecule has 0 aromatic carbocycles. The van der Waals surface area contributed by atoms with Crippen LogP contribution in [0.4, 0.5) is 0 Å². The minimum Gasteiger partial charge on any atom is -0.351 e. The number of nitrogens with zero attached hydrogens (tertiary/aromatic N) is 2. The van der Waals surface area contributed by atoms with Crippen molar-refractivity contribution in [3.63, 3.8) is 0 Å². The molecular formula is C12H19N3O. The van der Waals surface area contributed by atoms with Crippen molar-refractivity contribution in [2.24, 2.45) is 0 Å². The highest BCUT2D eigenvalue weighted by Crippen LogP contribution is 2.34. The van der Waals surface area contributed by atoms with Crippen LogP contribution >= 0.6 is 0 Å². The predicted molar refractivity (Wildman–Crippen MR) is 62.0 cm³/mol. The van der Waals surface area contributed by atoms with Crippen molar-refractivity contribution in [2.75, 3.05) is 0 Å². The van der Waals surface area contributed by atoms with Gasteiger partial charge in [0.2, 0.25) is 5.91 Å². The van der Waals surface area contributed by atoms with Crippen LogP contribution in [0, 0.1) is 0 Å². The summed E-state index contributed by atoms with van der Waals surface area (Å²) in [7, 11) is 0. The minimum absolute atomic E-state index is 0.0110. The molecule has 0 bridgehead atoms. The highest BCUT2D eigenvalue weighted by molar-refractivity contribution is 5.73. The van der Waals surface area contributed by atoms with E-state index in [1.165, 1.54) is 0 Å². The van der Waals surface area contributed by atoms with E-state index in [4.69, 9.17) is 0 Å². The summed E-state index contributed by atoms with van der Waals surface area (Å²) >= 11 is 0. The number of hydrogen-bond acceptors (Lipinski definition) is 2. The number of aromatic nitrogens is 2. The second kappa shape index (κ2) is 4.28. The minimum atomic E-state index is -0.0110. The third-order valence-electron chi connectivity index (χ3n) is 3.48. The van der Waals surface area contributed by atoms with E-state index in [2.05, 4.69) is 21.8 Å². The highest BCUT2D eigenvalue weighted by atomic mass is 16.1. The molecule has 0 unspecified atom stereocenters. The summed E-state index contributed by atoms with van der Waals surface area (Å²) in [5, 5.41) is 3.06. The van der Waals surface area contributed by atoms with Crippen molar-refractivity contribution < 1.29 is 4.79 Å². The van der Waals surface area contributed by atoms with Gasteiger partial charge in [-0.15, -0.1) is 0 Å². The lowest BCUT2D eigenvalue weighted by molar-refractivity contribution is -0.121. The molecule has 16 heavy (non-hydrogen) atoms. The van der Waals surface area contributed by atoms with E-state index in [0.29, 0.717) is 6.04 Å². The number of amides is 1. The SMILES string of the molecule is CC(=O)NC1(C)CCC(n2ccnc2)CC1. The second-order valence-corrected chi connectivity index (χ2v) is 4.98. The van der Waals surface area contributed by atoms with E-state index >= 15 is 0 Å². The average Bonchev–Trinajstić information content (AvgIpc) is 2.70. The van der Waals surface area contributed by atoms with Crippen LogP contribution in [0.1, 0.15) is 45.6 Å². The van der Waals surface area contributed by atoms with Crippen LogP contribution in [-0.2, 0) is 4.79 Å². The zero-order chi connectivity index (χ0) is 11.6. The van der Waals surface area contributed by atoms with E-state index in [1.807, 2.05) is 18.7 Å². The fourth-order valence-corrected chi connectivity index (χ4v) is 2.57. The zero-order valence-corrected chi connectivity index (χ0v) is 9.94. The lowest BCUT2D eigenvalue weighted by Gasteiger charge is -2.38. The van der Waals surface area contributed by atoms with Gasteiger partial charge in [-0.05, 0) is 32.6 Å². The molecule has 1 aliphatic rings. The zero-order valence-electron chi connectivity index (χ0n) is 9.94. The van der Waals surface area contributed by atoms with Crippen LogP contribution in [-0.4, -0.2) is 21.0 Å². The Bertz CT molecular complexity index is 350. The molecule has 1 fully saturated rings. The molecule has 1 amide bonds. The molecule has 4 heteroatoms. The summed E-state index contributed by atoms with van der Waals surface area (Å²) < 4.78 is 2.17. The van der Waals surface area contributed by atoms with Gasteiger partial charge < -0.3 is 9.88 Å². The first-order chi connectivity index (χ1) is 7.59. The van der Waals surface area contributed by atoms with Gasteiger partial charge in [0.25, 0.3) is 0 Å². The van der Waals surface area contributed by atoms with Crippen molar-refractivity contribution in [3.8, 4) is 0 Å². The van der Waals surface area contributed by atoms with Crippen LogP contribution in [0.15, 0.2) is 18.7 Å². The summed E-state index contributed by atoms with van der Waals surface area (Å²) in [6.45, 7) is 3.73. The molecule has 0 aliphatic heterocycles. The van der Waals surface area contributed by atoms with Crippen LogP contribution < -0.4 is 5.32 Å². The molecule has 2 rings (SSSR count). The number of rotatable bonds is 2. The van der Waals surface area contributed by atoms with Crippen LogP contribution in [0.25, 0.3) is 0 Å². The molecule has 1 saturated carbocycles. The molecule has 0 saturated heterocycles. The van der Waals surface area contributed by atoms with Gasteiger partial charge in [0.1, 0.15) is 0 Å². The number of imidazole rings is 1. The smallest absolute Gasteiger partial charge is 0.217 e. The summed E-state index contributed by atoms with van der Waals surface area (Å²) in [5.41, 5.74) is -0.0110. The summed E-state index contributed by atoms with van der Waals surface area (Å²) in [5.74, 6) is 0.0728. The lowest BCUT2D eigenvalue weighted by atomic mass is 9.80. The van der Waals surface area contributed by atoms with E-state index in [9.17, 15) is 4.79 Å². The van der Waals surface area contributed by atoms with E-state index < -0.39 is 0 Å². The lowest BCUT2D eigenvalue weighted by Crippen LogP contribution is -2.47. The fourth-order valence-electron chi connectivity index (χ4n) is 2.57. The van der Waals surface area contributed by atoms with Crippen LogP contribution in [0.3, 0.4) is 0 Å². The number of nitrogens with one attached hydrogen (secondary N) is 1. The first-order valence-electron chi connectivity index (χ1n) is 5.85. The van der Waals surface area contributed by atoms with Gasteiger partial charge >= 0.3 is 0 Å². The normalized spacial score (nSPS) is 30.0. The summed E-state index contributed by atoms with van der Waals surface area (Å²) in [6, 6.07) is 0.546. The van der Waals surface area contributed by atoms with Gasteiger partial charge in [-0.3, -0.25) is 4.79 Å². The van der Waals surface area contributed by atoms with Gasteiger partial charge in [0, 0.05) is 30.9 Å². The third kappa shape index (κ3) is 2.43. The highest BCUT2D eigenvalue weighted by Gasteiger charge is 2.31. The molecule has 1 heterocycles. The Morgan fingerprint density at radius 2 is 2.19 bits per heavy atom. The summed E-state index contributed by atoms with van der Waals surface area (Å²) in [6.07, 6.45) is 10.0. The van der Waals surface area contributed by atoms with Crippen molar-refractivity contribution in [1.29, 1.82) is 0 Å². The van der Waals surface area contributed by atoms with Crippen LogP contribution in [0.2, 0.25) is 0 Å². The Labute approximate surface area is 96.1 Å². The van der Waals surface area contributed by atoms with Crippen molar-refractivity contribution >= 4 is 5.91 Å². The Hall–Kier alpha value is -1.32. The van der Waals surface area contributed by atoms with Gasteiger partial charge in [0.05, 0.1) is 6.33 Å². The first-order valence-corrected chi connectivity index (χ1v) is 5.85. The Balaban J connectivity index is 1.94. The van der Waals surface area contributed by atoms with E-state index in [0.717, 1.165) is 25.7 Å². The summed E-state index contributed by atoms with van der Waals surface area (Å²) in [4.78, 5) is 15.2. The topological polar surface area (TPSA) is 46.9 Å². The van der Waals surface area contributed by atoms with E-state index in [-0.39, 0.29) is 11.4 Å². The van der Waals surface area contributed by atoms with E-state index in [1.54, 1.807) is 6.92 Å². The van der Waals surface area contributed by atoms with Gasteiger partial charge in [-0.25, -0.2) is 4.98 Å². The number of carbonyl (C=O) groups is 1. The second-order valence-electron chi connectivity index (χ2n) is 4.98. The largest absolute Gasteiger partial charge is 0.351 e. The maximum absolute atomic E-state index is 11.1. The number of hydrogen-bond donors (Lipinski definition) is 1. The van der Waals surface area contributed by atoms with Crippen LogP contribution in [0.5, 0.6) is 0 Å². The Morgan fingerprint density at radius 1 is 1.50 bits per heavy atom. The quantitative estimate of drug-likeness (QED) is 0.829. The maximum atomic E-state index is 11.1. The van der Waals surface area contributed by atoms with Gasteiger partial charge in [-0.2, -0.15) is 0 Å². The molecule has 0 spiro atoms. The van der Waals surface area contributed by atoms with Crippen molar-refractivity contribution in [3.05, 3.63) is 18.7 Å². The molecule has 1 N–H and O–H groups in total. The van der Waals surface area contributed by atoms with Gasteiger partial charge in [-0.1, -0.05) is 0 Å². The predicted octanol–water partition coefficient (Wildman–Crippen LogP) is 1.89. The molecule has 88 valence electrons. The number of carbonyl (C=O) groups excluding carboxylic acids is 1. The Morgan fingerprint density at radius 3 is 2.69 bits per heavy atom. The monoisotopic (exact) mass is 221 g/mol. The third-order valence-corrected chi connectivity index (χ3v) is 3.48. The molecule has 1 aromatic rings. The molecule has 1 aliphatic carbocycles. The molecular weight excluding hydrogens is 202 g/mol. The molecule has 0 atom stereocenters. The fraction of sp³-hybridized carbons (Fsp3) is 0.667. The Kier molecular flexibility index (Phi) is 2.99. The molecule has 1 aromatic heterocycles. The standard InChI is InChI=1S/C12H19N3O/c1-10(16)14-12(2)5-3-11(4-6-12)15-8-7-13-9-15/h7-9,11H,3-6H2,1-2H3,(H,14,16). The average molecular weight is 221 g/mol.